The van der Waals surface area contributed by atoms with Crippen LogP contribution in [0, 0.1) is 27.7 Å². The second-order valence-corrected chi connectivity index (χ2v) is 9.52. The number of rotatable bonds is 7. The van der Waals surface area contributed by atoms with Gasteiger partial charge in [0.15, 0.2) is 16.4 Å². The van der Waals surface area contributed by atoms with E-state index in [4.69, 9.17) is 16.3 Å². The number of nitrogens with zero attached hydrogens (tertiary/aromatic N) is 3. The van der Waals surface area contributed by atoms with Crippen LogP contribution in [0.1, 0.15) is 40.7 Å². The molecule has 0 spiro atoms. The predicted molar refractivity (Wildman–Crippen MR) is 135 cm³/mol. The van der Waals surface area contributed by atoms with E-state index < -0.39 is 0 Å². The van der Waals surface area contributed by atoms with Crippen LogP contribution in [0.25, 0.3) is 10.9 Å². The molecule has 2 aromatic heterocycles. The van der Waals surface area contributed by atoms with E-state index >= 15 is 0 Å². The second-order valence-electron chi connectivity index (χ2n) is 8.20. The van der Waals surface area contributed by atoms with Crippen molar-refractivity contribution in [2.24, 2.45) is 0 Å². The van der Waals surface area contributed by atoms with Crippen LogP contribution in [-0.4, -0.2) is 19.7 Å². The third kappa shape index (κ3) is 4.80. The number of aryl methyl sites for hydroxylation is 4. The van der Waals surface area contributed by atoms with Gasteiger partial charge in [0.25, 0.3) is 0 Å². The topological polar surface area (TPSA) is 72.8 Å². The highest BCUT2D eigenvalue weighted by molar-refractivity contribution is 7.98. The van der Waals surface area contributed by atoms with Gasteiger partial charge in [-0.3, -0.25) is 4.79 Å². The van der Waals surface area contributed by atoms with Crippen molar-refractivity contribution in [3.63, 3.8) is 0 Å². The summed E-state index contributed by atoms with van der Waals surface area (Å²) in [6.45, 7) is 11.0. The minimum atomic E-state index is 0.0418. The number of hydrogen-bond donors (Lipinski definition) is 1. The SMILES string of the molecule is CCn1c(COc2cc(C)c(Cl)c(C)c2)nnc1SCc1cc(=O)c2c(C)ccc(C)c2[nH]1. The highest BCUT2D eigenvalue weighted by atomic mass is 35.5. The quantitative estimate of drug-likeness (QED) is 0.332. The Morgan fingerprint density at radius 3 is 2.42 bits per heavy atom. The lowest BCUT2D eigenvalue weighted by Gasteiger charge is -2.11. The fourth-order valence-corrected chi connectivity index (χ4v) is 4.96. The average Bonchev–Trinajstić information content (AvgIpc) is 3.18. The zero-order chi connectivity index (χ0) is 23.7. The molecule has 2 heterocycles. The van der Waals surface area contributed by atoms with E-state index in [-0.39, 0.29) is 5.43 Å². The van der Waals surface area contributed by atoms with Crippen LogP contribution in [0.4, 0.5) is 0 Å². The summed E-state index contributed by atoms with van der Waals surface area (Å²) in [6, 6.07) is 9.56. The molecule has 0 aliphatic rings. The van der Waals surface area contributed by atoms with E-state index in [9.17, 15) is 4.79 Å². The van der Waals surface area contributed by atoms with Crippen molar-refractivity contribution < 1.29 is 4.74 Å². The molecule has 0 aliphatic heterocycles. The smallest absolute Gasteiger partial charge is 0.191 e. The number of aromatic nitrogens is 4. The highest BCUT2D eigenvalue weighted by Gasteiger charge is 2.14. The first kappa shape index (κ1) is 23.4. The largest absolute Gasteiger partial charge is 0.486 e. The van der Waals surface area contributed by atoms with Gasteiger partial charge < -0.3 is 14.3 Å². The first-order chi connectivity index (χ1) is 15.8. The van der Waals surface area contributed by atoms with E-state index in [0.29, 0.717) is 12.4 Å². The zero-order valence-corrected chi connectivity index (χ0v) is 21.0. The Balaban J connectivity index is 1.51. The minimum absolute atomic E-state index is 0.0418. The number of aromatic amines is 1. The lowest BCUT2D eigenvalue weighted by molar-refractivity contribution is 0.288. The van der Waals surface area contributed by atoms with Gasteiger partial charge >= 0.3 is 0 Å². The maximum atomic E-state index is 12.7. The molecule has 4 rings (SSSR count). The summed E-state index contributed by atoms with van der Waals surface area (Å²) in [5.41, 5.74) is 5.81. The van der Waals surface area contributed by atoms with Gasteiger partial charge in [0, 0.05) is 34.5 Å². The summed E-state index contributed by atoms with van der Waals surface area (Å²) in [5.74, 6) is 2.10. The van der Waals surface area contributed by atoms with Crippen LogP contribution >= 0.6 is 23.4 Å². The summed E-state index contributed by atoms with van der Waals surface area (Å²) in [6.07, 6.45) is 0. The van der Waals surface area contributed by atoms with E-state index in [2.05, 4.69) is 22.1 Å². The molecule has 33 heavy (non-hydrogen) atoms. The van der Waals surface area contributed by atoms with Crippen LogP contribution in [-0.2, 0) is 18.9 Å². The number of benzene rings is 2. The summed E-state index contributed by atoms with van der Waals surface area (Å²) in [7, 11) is 0. The molecular formula is C25H27ClN4O2S. The van der Waals surface area contributed by atoms with Gasteiger partial charge in [0.05, 0.1) is 5.52 Å². The van der Waals surface area contributed by atoms with Crippen LogP contribution in [0.15, 0.2) is 40.3 Å². The maximum absolute atomic E-state index is 12.7. The van der Waals surface area contributed by atoms with Crippen LogP contribution in [0.5, 0.6) is 5.75 Å². The number of thioether (sulfide) groups is 1. The predicted octanol–water partition coefficient (Wildman–Crippen LogP) is 5.90. The van der Waals surface area contributed by atoms with Gasteiger partial charge in [-0.1, -0.05) is 35.5 Å². The molecule has 0 bridgehead atoms. The maximum Gasteiger partial charge on any atom is 0.191 e. The van der Waals surface area contributed by atoms with Gasteiger partial charge in [0.1, 0.15) is 12.4 Å². The first-order valence-electron chi connectivity index (χ1n) is 10.8. The monoisotopic (exact) mass is 482 g/mol. The molecule has 0 aliphatic carbocycles. The van der Waals surface area contributed by atoms with Gasteiger partial charge in [-0.2, -0.15) is 0 Å². The molecule has 6 nitrogen and oxygen atoms in total. The fraction of sp³-hybridized carbons (Fsp3) is 0.320. The number of hydrogen-bond acceptors (Lipinski definition) is 5. The van der Waals surface area contributed by atoms with E-state index in [1.807, 2.05) is 56.5 Å². The van der Waals surface area contributed by atoms with Gasteiger partial charge in [-0.05, 0) is 69.0 Å². The molecule has 0 saturated heterocycles. The standard InChI is InChI=1S/C25H27ClN4O2S/c1-6-30-21(12-32-19-9-16(4)23(26)17(5)10-19)28-29-25(30)33-13-18-11-20(31)22-14(2)7-8-15(3)24(22)27-18/h7-11H,6,12-13H2,1-5H3,(H,27,31). The minimum Gasteiger partial charge on any atom is -0.486 e. The molecule has 1 N–H and O–H groups in total. The lowest BCUT2D eigenvalue weighted by Crippen LogP contribution is -2.08. The van der Waals surface area contributed by atoms with Crippen molar-refractivity contribution in [3.05, 3.63) is 79.3 Å². The first-order valence-corrected chi connectivity index (χ1v) is 12.2. The third-order valence-electron chi connectivity index (χ3n) is 5.70. The van der Waals surface area contributed by atoms with Crippen molar-refractivity contribution in [1.29, 1.82) is 0 Å². The Hall–Kier alpha value is -2.77. The van der Waals surface area contributed by atoms with Crippen LogP contribution in [0.2, 0.25) is 5.02 Å². The number of halogens is 1. The van der Waals surface area contributed by atoms with Crippen molar-refractivity contribution in [1.82, 2.24) is 19.7 Å². The van der Waals surface area contributed by atoms with Crippen molar-refractivity contribution >= 4 is 34.3 Å². The summed E-state index contributed by atoms with van der Waals surface area (Å²) < 4.78 is 8.01. The van der Waals surface area contributed by atoms with E-state index in [1.54, 1.807) is 17.8 Å². The number of nitrogens with one attached hydrogen (secondary N) is 1. The van der Waals surface area contributed by atoms with Crippen molar-refractivity contribution in [3.8, 4) is 5.75 Å². The van der Waals surface area contributed by atoms with Crippen LogP contribution < -0.4 is 10.2 Å². The molecule has 0 amide bonds. The number of fused-ring (bicyclic) bond motifs is 1. The van der Waals surface area contributed by atoms with Gasteiger partial charge in [-0.25, -0.2) is 0 Å². The van der Waals surface area contributed by atoms with Gasteiger partial charge in [0.2, 0.25) is 0 Å². The summed E-state index contributed by atoms with van der Waals surface area (Å²) >= 11 is 7.80. The highest BCUT2D eigenvalue weighted by Crippen LogP contribution is 2.27. The Kier molecular flexibility index (Phi) is 6.81. The van der Waals surface area contributed by atoms with Crippen molar-refractivity contribution in [2.75, 3.05) is 0 Å². The fourth-order valence-electron chi connectivity index (χ4n) is 3.92. The molecule has 0 unspecified atom stereocenters. The van der Waals surface area contributed by atoms with Crippen molar-refractivity contribution in [2.45, 2.75) is 58.7 Å². The molecule has 2 aromatic carbocycles. The number of H-pyrrole nitrogens is 1. The Bertz CT molecular complexity index is 1370. The zero-order valence-electron chi connectivity index (χ0n) is 19.5. The van der Waals surface area contributed by atoms with E-state index in [1.165, 1.54) is 0 Å². The summed E-state index contributed by atoms with van der Waals surface area (Å²) in [5, 5.41) is 11.0. The lowest BCUT2D eigenvalue weighted by atomic mass is 10.0. The van der Waals surface area contributed by atoms with E-state index in [0.717, 1.165) is 67.1 Å². The Morgan fingerprint density at radius 1 is 1.03 bits per heavy atom. The molecular weight excluding hydrogens is 456 g/mol. The molecule has 0 atom stereocenters. The molecule has 172 valence electrons. The molecule has 8 heteroatoms. The van der Waals surface area contributed by atoms with Gasteiger partial charge in [-0.15, -0.1) is 10.2 Å². The molecule has 0 fully saturated rings. The molecule has 4 aromatic rings. The molecule has 0 saturated carbocycles. The summed E-state index contributed by atoms with van der Waals surface area (Å²) in [4.78, 5) is 16.2. The Labute approximate surface area is 202 Å². The second kappa shape index (κ2) is 9.61. The number of pyridine rings is 1. The number of ether oxygens (including phenoxy) is 1. The molecule has 0 radical (unpaired) electrons. The third-order valence-corrected chi connectivity index (χ3v) is 7.32. The average molecular weight is 483 g/mol. The normalized spacial score (nSPS) is 11.3. The Morgan fingerprint density at radius 2 is 1.73 bits per heavy atom. The van der Waals surface area contributed by atoms with Crippen LogP contribution in [0.3, 0.4) is 0 Å².